The third-order valence-corrected chi connectivity index (χ3v) is 4.09. The first kappa shape index (κ1) is 12.8. The van der Waals surface area contributed by atoms with Crippen LogP contribution in [0, 0.1) is 5.92 Å². The SMILES string of the molecule is CCOC(=O)C(C)CN1C2CCC1CC(N)C2. The molecule has 0 radical (unpaired) electrons. The van der Waals surface area contributed by atoms with Crippen LogP contribution in [0.2, 0.25) is 0 Å². The summed E-state index contributed by atoms with van der Waals surface area (Å²) >= 11 is 0. The zero-order valence-corrected chi connectivity index (χ0v) is 10.9. The first-order chi connectivity index (χ1) is 8.11. The van der Waals surface area contributed by atoms with Crippen molar-refractivity contribution in [1.29, 1.82) is 0 Å². The Morgan fingerprint density at radius 2 is 2.00 bits per heavy atom. The van der Waals surface area contributed by atoms with Crippen molar-refractivity contribution in [2.24, 2.45) is 11.7 Å². The van der Waals surface area contributed by atoms with Crippen LogP contribution in [-0.2, 0) is 9.53 Å². The summed E-state index contributed by atoms with van der Waals surface area (Å²) in [5.74, 6) is -0.0888. The molecule has 0 aromatic carbocycles. The molecular formula is C13H24N2O2. The molecule has 2 heterocycles. The Bertz CT molecular complexity index is 269. The molecule has 2 aliphatic heterocycles. The molecule has 2 bridgehead atoms. The number of carbonyl (C=O) groups excluding carboxylic acids is 1. The van der Waals surface area contributed by atoms with Gasteiger partial charge < -0.3 is 10.5 Å². The Hall–Kier alpha value is -0.610. The van der Waals surface area contributed by atoms with Gasteiger partial charge in [0.25, 0.3) is 0 Å². The highest BCUT2D eigenvalue weighted by atomic mass is 16.5. The maximum atomic E-state index is 11.6. The fourth-order valence-corrected chi connectivity index (χ4v) is 3.29. The summed E-state index contributed by atoms with van der Waals surface area (Å²) in [6, 6.07) is 1.56. The van der Waals surface area contributed by atoms with Crippen LogP contribution in [-0.4, -0.2) is 42.1 Å². The quantitative estimate of drug-likeness (QED) is 0.749. The summed E-state index contributed by atoms with van der Waals surface area (Å²) in [7, 11) is 0. The number of nitrogens with two attached hydrogens (primary N) is 1. The molecule has 2 N–H and O–H groups in total. The molecule has 2 rings (SSSR count). The van der Waals surface area contributed by atoms with Crippen molar-refractivity contribution >= 4 is 5.97 Å². The second-order valence-electron chi connectivity index (χ2n) is 5.47. The molecular weight excluding hydrogens is 216 g/mol. The summed E-state index contributed by atoms with van der Waals surface area (Å²) in [5, 5.41) is 0. The molecule has 17 heavy (non-hydrogen) atoms. The standard InChI is InChI=1S/C13H24N2O2/c1-3-17-13(16)9(2)8-15-11-4-5-12(15)7-10(14)6-11/h9-12H,3-8,14H2,1-2H3. The second-order valence-corrected chi connectivity index (χ2v) is 5.47. The van der Waals surface area contributed by atoms with Gasteiger partial charge in [0.1, 0.15) is 0 Å². The maximum absolute atomic E-state index is 11.6. The van der Waals surface area contributed by atoms with Gasteiger partial charge in [0.05, 0.1) is 12.5 Å². The first-order valence-corrected chi connectivity index (χ1v) is 6.79. The number of ether oxygens (including phenoxy) is 1. The topological polar surface area (TPSA) is 55.6 Å². The van der Waals surface area contributed by atoms with E-state index in [0.29, 0.717) is 24.7 Å². The van der Waals surface area contributed by atoms with E-state index in [9.17, 15) is 4.79 Å². The zero-order valence-electron chi connectivity index (χ0n) is 10.9. The average molecular weight is 240 g/mol. The van der Waals surface area contributed by atoms with Crippen LogP contribution >= 0.6 is 0 Å². The predicted molar refractivity (Wildman–Crippen MR) is 66.5 cm³/mol. The lowest BCUT2D eigenvalue weighted by Gasteiger charge is -2.38. The highest BCUT2D eigenvalue weighted by molar-refractivity contribution is 5.72. The second kappa shape index (κ2) is 5.36. The van der Waals surface area contributed by atoms with Crippen molar-refractivity contribution in [2.45, 2.75) is 57.7 Å². The molecule has 2 aliphatic rings. The van der Waals surface area contributed by atoms with E-state index in [-0.39, 0.29) is 11.9 Å². The van der Waals surface area contributed by atoms with E-state index in [4.69, 9.17) is 10.5 Å². The molecule has 4 heteroatoms. The molecule has 0 spiro atoms. The molecule has 0 aromatic rings. The van der Waals surface area contributed by atoms with Gasteiger partial charge in [0.2, 0.25) is 0 Å². The summed E-state index contributed by atoms with van der Waals surface area (Å²) in [6.45, 7) is 5.13. The number of piperidine rings is 1. The number of fused-ring (bicyclic) bond motifs is 2. The van der Waals surface area contributed by atoms with Crippen molar-refractivity contribution in [2.75, 3.05) is 13.2 Å². The van der Waals surface area contributed by atoms with E-state index in [1.807, 2.05) is 13.8 Å². The van der Waals surface area contributed by atoms with Crippen LogP contribution in [0.3, 0.4) is 0 Å². The molecule has 3 atom stereocenters. The van der Waals surface area contributed by atoms with Crippen molar-refractivity contribution in [1.82, 2.24) is 4.90 Å². The number of nitrogens with zero attached hydrogens (tertiary/aromatic N) is 1. The van der Waals surface area contributed by atoms with E-state index < -0.39 is 0 Å². The summed E-state index contributed by atoms with van der Waals surface area (Å²) in [6.07, 6.45) is 4.67. The van der Waals surface area contributed by atoms with Gasteiger partial charge in [-0.3, -0.25) is 9.69 Å². The molecule has 4 nitrogen and oxygen atoms in total. The first-order valence-electron chi connectivity index (χ1n) is 6.79. The van der Waals surface area contributed by atoms with Gasteiger partial charge in [-0.05, 0) is 32.6 Å². The van der Waals surface area contributed by atoms with E-state index >= 15 is 0 Å². The lowest BCUT2D eigenvalue weighted by Crippen LogP contribution is -2.49. The normalized spacial score (nSPS) is 34.6. The van der Waals surface area contributed by atoms with Gasteiger partial charge >= 0.3 is 5.97 Å². The Morgan fingerprint density at radius 1 is 1.41 bits per heavy atom. The van der Waals surface area contributed by atoms with E-state index in [0.717, 1.165) is 19.4 Å². The predicted octanol–water partition coefficient (Wildman–Crippen LogP) is 1.14. The maximum Gasteiger partial charge on any atom is 0.309 e. The molecule has 0 amide bonds. The number of carbonyl (C=O) groups is 1. The monoisotopic (exact) mass is 240 g/mol. The molecule has 0 aromatic heterocycles. The van der Waals surface area contributed by atoms with Crippen LogP contribution in [0.15, 0.2) is 0 Å². The molecule has 98 valence electrons. The fourth-order valence-electron chi connectivity index (χ4n) is 3.29. The van der Waals surface area contributed by atoms with Gasteiger partial charge in [-0.15, -0.1) is 0 Å². The molecule has 2 saturated heterocycles. The van der Waals surface area contributed by atoms with Crippen molar-refractivity contribution < 1.29 is 9.53 Å². The van der Waals surface area contributed by atoms with Crippen molar-refractivity contribution in [3.8, 4) is 0 Å². The highest BCUT2D eigenvalue weighted by Crippen LogP contribution is 2.35. The summed E-state index contributed by atoms with van der Waals surface area (Å²) < 4.78 is 5.07. The minimum atomic E-state index is -0.0678. The number of hydrogen-bond acceptors (Lipinski definition) is 4. The number of hydrogen-bond donors (Lipinski definition) is 1. The van der Waals surface area contributed by atoms with Gasteiger partial charge in [0.15, 0.2) is 0 Å². The highest BCUT2D eigenvalue weighted by Gasteiger charge is 2.40. The minimum Gasteiger partial charge on any atom is -0.466 e. The van der Waals surface area contributed by atoms with E-state index in [1.165, 1.54) is 12.8 Å². The third kappa shape index (κ3) is 2.80. The zero-order chi connectivity index (χ0) is 12.4. The van der Waals surface area contributed by atoms with Gasteiger partial charge in [0, 0.05) is 24.7 Å². The lowest BCUT2D eigenvalue weighted by atomic mass is 9.97. The molecule has 0 aliphatic carbocycles. The van der Waals surface area contributed by atoms with E-state index in [1.54, 1.807) is 0 Å². The van der Waals surface area contributed by atoms with Crippen LogP contribution < -0.4 is 5.73 Å². The van der Waals surface area contributed by atoms with Crippen molar-refractivity contribution in [3.05, 3.63) is 0 Å². The Kier molecular flexibility index (Phi) is 4.05. The van der Waals surface area contributed by atoms with E-state index in [2.05, 4.69) is 4.90 Å². The lowest BCUT2D eigenvalue weighted by molar-refractivity contribution is -0.148. The van der Waals surface area contributed by atoms with Gasteiger partial charge in [-0.2, -0.15) is 0 Å². The number of esters is 1. The minimum absolute atomic E-state index is 0.0209. The smallest absolute Gasteiger partial charge is 0.309 e. The number of rotatable bonds is 4. The average Bonchev–Trinajstić information content (AvgIpc) is 2.52. The van der Waals surface area contributed by atoms with Gasteiger partial charge in [-0.25, -0.2) is 0 Å². The summed E-state index contributed by atoms with van der Waals surface area (Å²) in [5.41, 5.74) is 6.04. The molecule has 0 saturated carbocycles. The Balaban J connectivity index is 1.89. The Morgan fingerprint density at radius 3 is 2.53 bits per heavy atom. The molecule has 3 unspecified atom stereocenters. The third-order valence-electron chi connectivity index (χ3n) is 4.09. The van der Waals surface area contributed by atoms with Crippen molar-refractivity contribution in [3.63, 3.8) is 0 Å². The van der Waals surface area contributed by atoms with Crippen LogP contribution in [0.25, 0.3) is 0 Å². The van der Waals surface area contributed by atoms with Gasteiger partial charge in [-0.1, -0.05) is 6.92 Å². The van der Waals surface area contributed by atoms with Crippen LogP contribution in [0.5, 0.6) is 0 Å². The molecule has 2 fully saturated rings. The Labute approximate surface area is 103 Å². The summed E-state index contributed by atoms with van der Waals surface area (Å²) in [4.78, 5) is 14.1. The largest absolute Gasteiger partial charge is 0.466 e. The van der Waals surface area contributed by atoms with Crippen LogP contribution in [0.4, 0.5) is 0 Å². The van der Waals surface area contributed by atoms with Crippen LogP contribution in [0.1, 0.15) is 39.5 Å². The fraction of sp³-hybridized carbons (Fsp3) is 0.923.